The molecule has 162 valence electrons. The molecule has 2 heterocycles. The van der Waals surface area contributed by atoms with E-state index in [0.717, 1.165) is 37.2 Å². The Balaban J connectivity index is 1.59. The second-order valence-corrected chi connectivity index (χ2v) is 7.62. The number of hydrogen-bond donors (Lipinski definition) is 4. The first-order valence-corrected chi connectivity index (χ1v) is 10.4. The first-order valence-electron chi connectivity index (χ1n) is 10.4. The highest BCUT2D eigenvalue weighted by atomic mass is 16.4. The Hall–Kier alpha value is -3.00. The Bertz CT molecular complexity index is 842. The molecule has 1 aromatic heterocycles. The highest BCUT2D eigenvalue weighted by Crippen LogP contribution is 2.19. The van der Waals surface area contributed by atoms with Crippen LogP contribution in [0.15, 0.2) is 52.1 Å². The van der Waals surface area contributed by atoms with E-state index < -0.39 is 5.60 Å². The summed E-state index contributed by atoms with van der Waals surface area (Å²) in [7, 11) is 0. The molecule has 0 aliphatic carbocycles. The van der Waals surface area contributed by atoms with E-state index >= 15 is 0 Å². The van der Waals surface area contributed by atoms with Crippen LogP contribution in [0.1, 0.15) is 38.0 Å². The van der Waals surface area contributed by atoms with Gasteiger partial charge in [0.25, 0.3) is 0 Å². The molecule has 0 saturated carbocycles. The van der Waals surface area contributed by atoms with Crippen molar-refractivity contribution in [2.24, 2.45) is 4.99 Å². The average Bonchev–Trinajstić information content (AvgIpc) is 3.45. The molecule has 8 nitrogen and oxygen atoms in total. The molecule has 2 aromatic rings. The van der Waals surface area contributed by atoms with Gasteiger partial charge in [0.1, 0.15) is 11.4 Å². The smallest absolute Gasteiger partial charge is 0.321 e. The van der Waals surface area contributed by atoms with Crippen LogP contribution in [0.2, 0.25) is 0 Å². The van der Waals surface area contributed by atoms with Crippen molar-refractivity contribution >= 4 is 17.7 Å². The van der Waals surface area contributed by atoms with Gasteiger partial charge in [-0.05, 0) is 56.5 Å². The van der Waals surface area contributed by atoms with Crippen molar-refractivity contribution in [2.75, 3.05) is 31.5 Å². The van der Waals surface area contributed by atoms with Crippen LogP contribution in [0.4, 0.5) is 10.5 Å². The monoisotopic (exact) mass is 413 g/mol. The predicted octanol–water partition coefficient (Wildman–Crippen LogP) is 2.87. The van der Waals surface area contributed by atoms with Crippen LogP contribution in [-0.2, 0) is 12.1 Å². The Morgan fingerprint density at radius 1 is 1.23 bits per heavy atom. The van der Waals surface area contributed by atoms with Gasteiger partial charge in [0, 0.05) is 25.3 Å². The second-order valence-electron chi connectivity index (χ2n) is 7.62. The summed E-state index contributed by atoms with van der Waals surface area (Å²) < 4.78 is 5.31. The van der Waals surface area contributed by atoms with E-state index in [0.29, 0.717) is 24.8 Å². The first-order chi connectivity index (χ1) is 14.5. The van der Waals surface area contributed by atoms with Crippen molar-refractivity contribution in [3.8, 4) is 0 Å². The number of aliphatic imine (C=N–C) groups is 1. The Kier molecular flexibility index (Phi) is 7.35. The van der Waals surface area contributed by atoms with Gasteiger partial charge in [0.05, 0.1) is 19.4 Å². The number of nitrogens with zero attached hydrogens (tertiary/aromatic N) is 2. The Morgan fingerprint density at radius 2 is 2.03 bits per heavy atom. The van der Waals surface area contributed by atoms with Gasteiger partial charge in [-0.2, -0.15) is 0 Å². The molecule has 1 aliphatic heterocycles. The second kappa shape index (κ2) is 10.2. The summed E-state index contributed by atoms with van der Waals surface area (Å²) in [5, 5.41) is 19.9. The van der Waals surface area contributed by atoms with Crippen molar-refractivity contribution in [1.29, 1.82) is 0 Å². The maximum atomic E-state index is 12.3. The fourth-order valence-electron chi connectivity index (χ4n) is 3.31. The summed E-state index contributed by atoms with van der Waals surface area (Å²) in [5.41, 5.74) is 0.585. The summed E-state index contributed by atoms with van der Waals surface area (Å²) in [6.07, 6.45) is 3.67. The standard InChI is InChI=1S/C22H31N5O3/c1-3-23-20(25-16-22(2,29)19-10-7-13-30-19)24-15-17-8-6-9-18(14-17)26-21(28)27-11-4-5-12-27/h6-10,13-14,29H,3-5,11-12,15-16H2,1-2H3,(H,26,28)(H2,23,24,25). The number of likely N-dealkylation sites (tertiary alicyclic amines) is 1. The molecule has 1 saturated heterocycles. The molecule has 1 aliphatic rings. The van der Waals surface area contributed by atoms with Crippen molar-refractivity contribution in [2.45, 2.75) is 38.8 Å². The van der Waals surface area contributed by atoms with E-state index in [1.54, 1.807) is 25.3 Å². The summed E-state index contributed by atoms with van der Waals surface area (Å²) in [4.78, 5) is 18.7. The van der Waals surface area contributed by atoms with Gasteiger partial charge in [-0.1, -0.05) is 12.1 Å². The highest BCUT2D eigenvalue weighted by Gasteiger charge is 2.26. The van der Waals surface area contributed by atoms with Crippen LogP contribution < -0.4 is 16.0 Å². The number of amides is 2. The minimum absolute atomic E-state index is 0.0525. The maximum absolute atomic E-state index is 12.3. The largest absolute Gasteiger partial charge is 0.466 e. The third-order valence-corrected chi connectivity index (χ3v) is 4.99. The number of anilines is 1. The minimum Gasteiger partial charge on any atom is -0.466 e. The van der Waals surface area contributed by atoms with Crippen molar-refractivity contribution in [1.82, 2.24) is 15.5 Å². The van der Waals surface area contributed by atoms with Crippen LogP contribution in [0.25, 0.3) is 0 Å². The fraction of sp³-hybridized carbons (Fsp3) is 0.455. The normalized spacial score (nSPS) is 16.2. The van der Waals surface area contributed by atoms with Gasteiger partial charge < -0.3 is 30.4 Å². The number of aliphatic hydroxyl groups is 1. The quantitative estimate of drug-likeness (QED) is 0.413. The zero-order valence-corrected chi connectivity index (χ0v) is 17.6. The third-order valence-electron chi connectivity index (χ3n) is 4.99. The van der Waals surface area contributed by atoms with Gasteiger partial charge in [-0.15, -0.1) is 0 Å². The summed E-state index contributed by atoms with van der Waals surface area (Å²) in [5.74, 6) is 1.09. The topological polar surface area (TPSA) is 102 Å². The van der Waals surface area contributed by atoms with Crippen molar-refractivity contribution in [3.05, 3.63) is 54.0 Å². The van der Waals surface area contributed by atoms with E-state index in [1.165, 1.54) is 0 Å². The maximum Gasteiger partial charge on any atom is 0.321 e. The number of nitrogens with one attached hydrogen (secondary N) is 3. The van der Waals surface area contributed by atoms with Gasteiger partial charge in [0.15, 0.2) is 5.96 Å². The average molecular weight is 414 g/mol. The molecule has 1 fully saturated rings. The fourth-order valence-corrected chi connectivity index (χ4v) is 3.31. The van der Waals surface area contributed by atoms with Gasteiger partial charge in [-0.3, -0.25) is 0 Å². The number of guanidine groups is 1. The number of urea groups is 1. The molecule has 1 atom stereocenters. The summed E-state index contributed by atoms with van der Waals surface area (Å²) in [6, 6.07) is 11.1. The minimum atomic E-state index is -1.15. The number of carbonyl (C=O) groups excluding carboxylic acids is 1. The molecular formula is C22H31N5O3. The molecule has 0 spiro atoms. The van der Waals surface area contributed by atoms with E-state index in [1.807, 2.05) is 36.1 Å². The van der Waals surface area contributed by atoms with E-state index in [2.05, 4.69) is 20.9 Å². The van der Waals surface area contributed by atoms with Crippen LogP contribution in [0.5, 0.6) is 0 Å². The molecular weight excluding hydrogens is 382 g/mol. The summed E-state index contributed by atoms with van der Waals surface area (Å²) >= 11 is 0. The SMILES string of the molecule is CCNC(=NCc1cccc(NC(=O)N2CCCC2)c1)NCC(C)(O)c1ccco1. The molecule has 0 radical (unpaired) electrons. The van der Waals surface area contributed by atoms with E-state index in [-0.39, 0.29) is 12.6 Å². The molecule has 8 heteroatoms. The molecule has 1 aromatic carbocycles. The molecule has 1 unspecified atom stereocenters. The summed E-state index contributed by atoms with van der Waals surface area (Å²) in [6.45, 7) is 6.68. The van der Waals surface area contributed by atoms with Crippen LogP contribution in [0.3, 0.4) is 0 Å². The molecule has 3 rings (SSSR count). The Morgan fingerprint density at radius 3 is 2.73 bits per heavy atom. The van der Waals surface area contributed by atoms with Gasteiger partial charge in [-0.25, -0.2) is 9.79 Å². The van der Waals surface area contributed by atoms with E-state index in [9.17, 15) is 9.90 Å². The van der Waals surface area contributed by atoms with E-state index in [4.69, 9.17) is 4.42 Å². The number of carbonyl (C=O) groups is 1. The zero-order chi connectivity index (χ0) is 21.4. The lowest BCUT2D eigenvalue weighted by Gasteiger charge is -2.22. The third kappa shape index (κ3) is 6.00. The van der Waals surface area contributed by atoms with Crippen LogP contribution >= 0.6 is 0 Å². The lowest BCUT2D eigenvalue weighted by atomic mass is 10.0. The van der Waals surface area contributed by atoms with Crippen molar-refractivity contribution in [3.63, 3.8) is 0 Å². The number of benzene rings is 1. The van der Waals surface area contributed by atoms with Crippen LogP contribution in [-0.4, -0.2) is 48.2 Å². The predicted molar refractivity (Wildman–Crippen MR) is 117 cm³/mol. The lowest BCUT2D eigenvalue weighted by Crippen LogP contribution is -2.44. The molecule has 0 bridgehead atoms. The zero-order valence-electron chi connectivity index (χ0n) is 17.6. The highest BCUT2D eigenvalue weighted by molar-refractivity contribution is 5.89. The number of hydrogen-bond acceptors (Lipinski definition) is 4. The first kappa shape index (κ1) is 21.7. The molecule has 2 amide bonds. The van der Waals surface area contributed by atoms with Gasteiger partial charge in [0.2, 0.25) is 0 Å². The van der Waals surface area contributed by atoms with Crippen LogP contribution in [0, 0.1) is 0 Å². The Labute approximate surface area is 177 Å². The number of rotatable bonds is 7. The van der Waals surface area contributed by atoms with Gasteiger partial charge >= 0.3 is 6.03 Å². The molecule has 4 N–H and O–H groups in total. The lowest BCUT2D eigenvalue weighted by molar-refractivity contribution is 0.0386. The molecule has 30 heavy (non-hydrogen) atoms. The van der Waals surface area contributed by atoms with Crippen molar-refractivity contribution < 1.29 is 14.3 Å². The number of furan rings is 1.